The maximum atomic E-state index is 12.6. The van der Waals surface area contributed by atoms with Gasteiger partial charge in [-0.25, -0.2) is 8.42 Å². The molecule has 1 aromatic rings. The van der Waals surface area contributed by atoms with Gasteiger partial charge in [0.25, 0.3) is 0 Å². The number of benzene rings is 1. The third-order valence-corrected chi connectivity index (χ3v) is 5.71. The lowest BCUT2D eigenvalue weighted by atomic mass is 9.96. The van der Waals surface area contributed by atoms with E-state index in [0.717, 1.165) is 6.42 Å². The first-order valence-corrected chi connectivity index (χ1v) is 7.96. The number of nitrogen functional groups attached to an aromatic ring is 1. The molecule has 5 nitrogen and oxygen atoms in total. The van der Waals surface area contributed by atoms with Gasteiger partial charge in [0.05, 0.1) is 5.69 Å². The number of nitrogens with two attached hydrogens (primary N) is 1. The maximum Gasteiger partial charge on any atom is 0.245 e. The molecule has 1 saturated heterocycles. The molecule has 1 fully saturated rings. The summed E-state index contributed by atoms with van der Waals surface area (Å²) in [6, 6.07) is 6.73. The molecule has 1 heterocycles. The number of nitrogens with zero attached hydrogens (tertiary/aromatic N) is 1. The molecule has 0 radical (unpaired) electrons. The van der Waals surface area contributed by atoms with E-state index < -0.39 is 10.0 Å². The SMILES string of the molecule is CC(C)C1CCN(S(=O)(=O)c2ccccc2NN)C1. The highest BCUT2D eigenvalue weighted by Gasteiger charge is 2.34. The van der Waals surface area contributed by atoms with Gasteiger partial charge < -0.3 is 5.43 Å². The summed E-state index contributed by atoms with van der Waals surface area (Å²) in [6.45, 7) is 5.45. The molecule has 1 aliphatic heterocycles. The normalized spacial score (nSPS) is 20.9. The second kappa shape index (κ2) is 5.48. The van der Waals surface area contributed by atoms with Crippen LogP contribution in [0.15, 0.2) is 29.2 Å². The van der Waals surface area contributed by atoms with E-state index in [9.17, 15) is 8.42 Å². The average molecular weight is 283 g/mol. The monoisotopic (exact) mass is 283 g/mol. The lowest BCUT2D eigenvalue weighted by Crippen LogP contribution is -2.30. The minimum atomic E-state index is -3.46. The van der Waals surface area contributed by atoms with E-state index in [4.69, 9.17) is 5.84 Å². The highest BCUT2D eigenvalue weighted by molar-refractivity contribution is 7.89. The molecular formula is C13H21N3O2S. The fourth-order valence-electron chi connectivity index (χ4n) is 2.47. The number of sulfonamides is 1. The fraction of sp³-hybridized carbons (Fsp3) is 0.538. The van der Waals surface area contributed by atoms with Crippen molar-refractivity contribution in [1.82, 2.24) is 4.31 Å². The molecule has 19 heavy (non-hydrogen) atoms. The molecule has 1 atom stereocenters. The largest absolute Gasteiger partial charge is 0.323 e. The average Bonchev–Trinajstić information content (AvgIpc) is 2.89. The van der Waals surface area contributed by atoms with E-state index in [0.29, 0.717) is 30.6 Å². The van der Waals surface area contributed by atoms with Crippen LogP contribution in [0.4, 0.5) is 5.69 Å². The Balaban J connectivity index is 2.29. The van der Waals surface area contributed by atoms with Crippen molar-refractivity contribution in [3.63, 3.8) is 0 Å². The zero-order valence-electron chi connectivity index (χ0n) is 11.3. The Hall–Kier alpha value is -1.11. The van der Waals surface area contributed by atoms with E-state index in [1.54, 1.807) is 28.6 Å². The summed E-state index contributed by atoms with van der Waals surface area (Å²) in [5, 5.41) is 0. The number of hydrazine groups is 1. The lowest BCUT2D eigenvalue weighted by molar-refractivity contribution is 0.388. The standard InChI is InChI=1S/C13H21N3O2S/c1-10(2)11-7-8-16(9-11)19(17,18)13-6-4-3-5-12(13)15-14/h3-6,10-11,15H,7-9,14H2,1-2H3. The van der Waals surface area contributed by atoms with E-state index >= 15 is 0 Å². The van der Waals surface area contributed by atoms with E-state index in [-0.39, 0.29) is 4.90 Å². The van der Waals surface area contributed by atoms with Crippen molar-refractivity contribution in [3.05, 3.63) is 24.3 Å². The van der Waals surface area contributed by atoms with Crippen molar-refractivity contribution in [3.8, 4) is 0 Å². The Labute approximate surface area is 114 Å². The molecule has 0 spiro atoms. The first-order chi connectivity index (χ1) is 8.96. The van der Waals surface area contributed by atoms with Gasteiger partial charge in [0.15, 0.2) is 0 Å². The van der Waals surface area contributed by atoms with Crippen molar-refractivity contribution in [1.29, 1.82) is 0 Å². The first-order valence-electron chi connectivity index (χ1n) is 6.52. The second-order valence-corrected chi connectivity index (χ2v) is 7.20. The summed E-state index contributed by atoms with van der Waals surface area (Å²) in [7, 11) is -3.46. The van der Waals surface area contributed by atoms with E-state index in [2.05, 4.69) is 19.3 Å². The minimum Gasteiger partial charge on any atom is -0.323 e. The molecule has 3 N–H and O–H groups in total. The molecule has 106 valence electrons. The van der Waals surface area contributed by atoms with Crippen molar-refractivity contribution in [2.75, 3.05) is 18.5 Å². The molecule has 2 rings (SSSR count). The van der Waals surface area contributed by atoms with Crippen LogP contribution >= 0.6 is 0 Å². The molecule has 6 heteroatoms. The minimum absolute atomic E-state index is 0.252. The van der Waals surface area contributed by atoms with E-state index in [1.165, 1.54) is 0 Å². The van der Waals surface area contributed by atoms with Crippen LogP contribution in [0.2, 0.25) is 0 Å². The number of para-hydroxylation sites is 1. The fourth-order valence-corrected chi connectivity index (χ4v) is 4.13. The van der Waals surface area contributed by atoms with Gasteiger partial charge in [-0.3, -0.25) is 5.84 Å². The maximum absolute atomic E-state index is 12.6. The van der Waals surface area contributed by atoms with Gasteiger partial charge in [0.1, 0.15) is 4.90 Å². The number of hydrogen-bond donors (Lipinski definition) is 2. The van der Waals surface area contributed by atoms with Crippen LogP contribution in [0.25, 0.3) is 0 Å². The predicted octanol–water partition coefficient (Wildman–Crippen LogP) is 1.64. The van der Waals surface area contributed by atoms with Crippen LogP contribution in [0.1, 0.15) is 20.3 Å². The van der Waals surface area contributed by atoms with Gasteiger partial charge >= 0.3 is 0 Å². The van der Waals surface area contributed by atoms with Crippen LogP contribution in [0.3, 0.4) is 0 Å². The molecule has 1 unspecified atom stereocenters. The van der Waals surface area contributed by atoms with Gasteiger partial charge in [-0.15, -0.1) is 0 Å². The van der Waals surface area contributed by atoms with Gasteiger partial charge in [-0.05, 0) is 30.4 Å². The van der Waals surface area contributed by atoms with Crippen molar-refractivity contribution >= 4 is 15.7 Å². The Bertz CT molecular complexity index is 543. The lowest BCUT2D eigenvalue weighted by Gasteiger charge is -2.19. The summed E-state index contributed by atoms with van der Waals surface area (Å²) < 4.78 is 26.8. The molecular weight excluding hydrogens is 262 g/mol. The Morgan fingerprint density at radius 1 is 1.37 bits per heavy atom. The molecule has 0 amide bonds. The zero-order valence-corrected chi connectivity index (χ0v) is 12.2. The van der Waals surface area contributed by atoms with Crippen LogP contribution in [0, 0.1) is 11.8 Å². The third-order valence-electron chi connectivity index (χ3n) is 3.79. The summed E-state index contributed by atoms with van der Waals surface area (Å²) in [5.41, 5.74) is 2.89. The highest BCUT2D eigenvalue weighted by atomic mass is 32.2. The van der Waals surface area contributed by atoms with Crippen LogP contribution in [0.5, 0.6) is 0 Å². The van der Waals surface area contributed by atoms with Crippen molar-refractivity contribution in [2.45, 2.75) is 25.2 Å². The van der Waals surface area contributed by atoms with Crippen molar-refractivity contribution in [2.24, 2.45) is 17.7 Å². The van der Waals surface area contributed by atoms with Gasteiger partial charge in [-0.2, -0.15) is 4.31 Å². The van der Waals surface area contributed by atoms with Gasteiger partial charge in [0.2, 0.25) is 10.0 Å². The highest BCUT2D eigenvalue weighted by Crippen LogP contribution is 2.30. The molecule has 1 aromatic carbocycles. The summed E-state index contributed by atoms with van der Waals surface area (Å²) in [4.78, 5) is 0.252. The Morgan fingerprint density at radius 3 is 2.63 bits per heavy atom. The van der Waals surface area contributed by atoms with Crippen LogP contribution in [-0.4, -0.2) is 25.8 Å². The van der Waals surface area contributed by atoms with Gasteiger partial charge in [-0.1, -0.05) is 26.0 Å². The smallest absolute Gasteiger partial charge is 0.245 e. The molecule has 0 saturated carbocycles. The first kappa shape index (κ1) is 14.3. The summed E-state index contributed by atoms with van der Waals surface area (Å²) >= 11 is 0. The number of hydrogen-bond acceptors (Lipinski definition) is 4. The quantitative estimate of drug-likeness (QED) is 0.650. The number of rotatable bonds is 4. The second-order valence-electron chi connectivity index (χ2n) is 5.30. The number of anilines is 1. The predicted molar refractivity (Wildman–Crippen MR) is 76.0 cm³/mol. The van der Waals surface area contributed by atoms with Crippen LogP contribution < -0.4 is 11.3 Å². The summed E-state index contributed by atoms with van der Waals surface area (Å²) in [6.07, 6.45) is 0.926. The third kappa shape index (κ3) is 2.75. The Morgan fingerprint density at radius 2 is 2.05 bits per heavy atom. The molecule has 1 aliphatic rings. The molecule has 0 aliphatic carbocycles. The summed E-state index contributed by atoms with van der Waals surface area (Å²) in [5.74, 6) is 6.33. The van der Waals surface area contributed by atoms with Crippen LogP contribution in [-0.2, 0) is 10.0 Å². The Kier molecular flexibility index (Phi) is 4.13. The van der Waals surface area contributed by atoms with Gasteiger partial charge in [0, 0.05) is 13.1 Å². The number of nitrogens with one attached hydrogen (secondary N) is 1. The van der Waals surface area contributed by atoms with E-state index in [1.807, 2.05) is 0 Å². The molecule has 0 aromatic heterocycles. The topological polar surface area (TPSA) is 75.4 Å². The zero-order chi connectivity index (χ0) is 14.0. The molecule has 0 bridgehead atoms. The van der Waals surface area contributed by atoms with Crippen molar-refractivity contribution < 1.29 is 8.42 Å².